The van der Waals surface area contributed by atoms with Crippen LogP contribution in [0.15, 0.2) is 36.4 Å². The third kappa shape index (κ3) is 3.11. The molecule has 100 valence electrons. The summed E-state index contributed by atoms with van der Waals surface area (Å²) < 4.78 is 26.1. The van der Waals surface area contributed by atoms with Gasteiger partial charge in [0.2, 0.25) is 0 Å². The minimum Gasteiger partial charge on any atom is -0.378 e. The highest BCUT2D eigenvalue weighted by Gasteiger charge is 2.10. The Balaban J connectivity index is 2.22. The zero-order valence-electron chi connectivity index (χ0n) is 11.3. The summed E-state index contributed by atoms with van der Waals surface area (Å²) in [6.07, 6.45) is 0. The van der Waals surface area contributed by atoms with Crippen LogP contribution in [0.3, 0.4) is 0 Å². The van der Waals surface area contributed by atoms with E-state index >= 15 is 0 Å². The summed E-state index contributed by atoms with van der Waals surface area (Å²) in [5.74, 6) is -1.63. The van der Waals surface area contributed by atoms with Gasteiger partial charge in [0, 0.05) is 11.7 Å². The van der Waals surface area contributed by atoms with Crippen LogP contribution in [0.25, 0.3) is 0 Å². The van der Waals surface area contributed by atoms with E-state index in [4.69, 9.17) is 0 Å². The fraction of sp³-hybridized carbons (Fsp3) is 0.250. The van der Waals surface area contributed by atoms with Gasteiger partial charge in [-0.05, 0) is 55.7 Å². The Labute approximate surface area is 112 Å². The molecule has 0 spiro atoms. The van der Waals surface area contributed by atoms with Gasteiger partial charge in [0.05, 0.1) is 0 Å². The Kier molecular flexibility index (Phi) is 3.84. The summed E-state index contributed by atoms with van der Waals surface area (Å²) in [4.78, 5) is 0. The standard InChI is InChI=1S/C16H17F2N/c1-10-4-5-11(2)16(8-10)19-12(3)13-6-7-14(17)15(18)9-13/h4-9,12,19H,1-3H3. The van der Waals surface area contributed by atoms with Gasteiger partial charge in [-0.2, -0.15) is 0 Å². The van der Waals surface area contributed by atoms with Gasteiger partial charge in [-0.15, -0.1) is 0 Å². The van der Waals surface area contributed by atoms with Crippen molar-refractivity contribution >= 4 is 5.69 Å². The van der Waals surface area contributed by atoms with Gasteiger partial charge >= 0.3 is 0 Å². The number of anilines is 1. The number of benzene rings is 2. The van der Waals surface area contributed by atoms with E-state index in [-0.39, 0.29) is 6.04 Å². The van der Waals surface area contributed by atoms with Crippen LogP contribution in [0.4, 0.5) is 14.5 Å². The van der Waals surface area contributed by atoms with E-state index in [1.807, 2.05) is 39.0 Å². The van der Waals surface area contributed by atoms with Crippen molar-refractivity contribution in [3.8, 4) is 0 Å². The number of hydrogen-bond acceptors (Lipinski definition) is 1. The maximum Gasteiger partial charge on any atom is 0.159 e. The molecule has 2 aromatic rings. The molecule has 1 unspecified atom stereocenters. The summed E-state index contributed by atoms with van der Waals surface area (Å²) in [5, 5.41) is 3.32. The second-order valence-electron chi connectivity index (χ2n) is 4.86. The molecule has 1 N–H and O–H groups in total. The monoisotopic (exact) mass is 261 g/mol. The third-order valence-corrected chi connectivity index (χ3v) is 3.21. The Bertz CT molecular complexity index is 593. The highest BCUT2D eigenvalue weighted by Crippen LogP contribution is 2.24. The fourth-order valence-electron chi connectivity index (χ4n) is 1.99. The molecule has 0 fully saturated rings. The number of hydrogen-bond donors (Lipinski definition) is 1. The zero-order chi connectivity index (χ0) is 14.0. The molecule has 0 bridgehead atoms. The van der Waals surface area contributed by atoms with Crippen LogP contribution in [-0.2, 0) is 0 Å². The largest absolute Gasteiger partial charge is 0.378 e. The van der Waals surface area contributed by atoms with Gasteiger partial charge in [0.1, 0.15) is 0 Å². The van der Waals surface area contributed by atoms with Crippen LogP contribution in [0, 0.1) is 25.5 Å². The first-order valence-corrected chi connectivity index (χ1v) is 6.26. The quantitative estimate of drug-likeness (QED) is 0.840. The molecular formula is C16H17F2N. The normalized spacial score (nSPS) is 12.3. The lowest BCUT2D eigenvalue weighted by Crippen LogP contribution is -2.08. The maximum absolute atomic E-state index is 13.2. The van der Waals surface area contributed by atoms with E-state index in [1.54, 1.807) is 6.07 Å². The molecule has 19 heavy (non-hydrogen) atoms. The van der Waals surface area contributed by atoms with Crippen molar-refractivity contribution in [2.45, 2.75) is 26.8 Å². The molecule has 1 nitrogen and oxygen atoms in total. The molecule has 0 aliphatic rings. The van der Waals surface area contributed by atoms with E-state index in [1.165, 1.54) is 6.07 Å². The van der Waals surface area contributed by atoms with Gasteiger partial charge in [0.25, 0.3) is 0 Å². The predicted molar refractivity (Wildman–Crippen MR) is 74.3 cm³/mol. The summed E-state index contributed by atoms with van der Waals surface area (Å²) in [6.45, 7) is 5.96. The molecule has 3 heteroatoms. The van der Waals surface area contributed by atoms with E-state index in [9.17, 15) is 8.78 Å². The lowest BCUT2D eigenvalue weighted by atomic mass is 10.1. The smallest absolute Gasteiger partial charge is 0.159 e. The van der Waals surface area contributed by atoms with Crippen LogP contribution < -0.4 is 5.32 Å². The molecule has 0 radical (unpaired) electrons. The van der Waals surface area contributed by atoms with Crippen LogP contribution >= 0.6 is 0 Å². The topological polar surface area (TPSA) is 12.0 Å². The van der Waals surface area contributed by atoms with Crippen molar-refractivity contribution in [3.05, 3.63) is 64.7 Å². The maximum atomic E-state index is 13.2. The lowest BCUT2D eigenvalue weighted by molar-refractivity contribution is 0.506. The number of nitrogens with one attached hydrogen (secondary N) is 1. The molecule has 2 rings (SSSR count). The SMILES string of the molecule is Cc1ccc(C)c(NC(C)c2ccc(F)c(F)c2)c1. The average molecular weight is 261 g/mol. The van der Waals surface area contributed by atoms with E-state index < -0.39 is 11.6 Å². The number of rotatable bonds is 3. The summed E-state index contributed by atoms with van der Waals surface area (Å²) in [7, 11) is 0. The van der Waals surface area contributed by atoms with Gasteiger partial charge in [-0.25, -0.2) is 8.78 Å². The summed E-state index contributed by atoms with van der Waals surface area (Å²) >= 11 is 0. The molecule has 2 aromatic carbocycles. The molecule has 0 aromatic heterocycles. The predicted octanol–water partition coefficient (Wildman–Crippen LogP) is 4.75. The van der Waals surface area contributed by atoms with Crippen molar-refractivity contribution < 1.29 is 8.78 Å². The second-order valence-corrected chi connectivity index (χ2v) is 4.86. The van der Waals surface area contributed by atoms with Gasteiger partial charge in [0.15, 0.2) is 11.6 Å². The molecule has 0 heterocycles. The van der Waals surface area contributed by atoms with Crippen molar-refractivity contribution in [2.24, 2.45) is 0 Å². The number of halogens is 2. The Morgan fingerprint density at radius 1 is 0.947 bits per heavy atom. The van der Waals surface area contributed by atoms with Crippen molar-refractivity contribution in [2.75, 3.05) is 5.32 Å². The van der Waals surface area contributed by atoms with Crippen LogP contribution in [0.2, 0.25) is 0 Å². The average Bonchev–Trinajstić information content (AvgIpc) is 2.37. The van der Waals surface area contributed by atoms with Crippen molar-refractivity contribution in [1.29, 1.82) is 0 Å². The Morgan fingerprint density at radius 3 is 2.37 bits per heavy atom. The minimum atomic E-state index is -0.817. The third-order valence-electron chi connectivity index (χ3n) is 3.21. The fourth-order valence-corrected chi connectivity index (χ4v) is 1.99. The van der Waals surface area contributed by atoms with Gasteiger partial charge in [-0.1, -0.05) is 18.2 Å². The lowest BCUT2D eigenvalue weighted by Gasteiger charge is -2.18. The molecule has 0 saturated carbocycles. The molecule has 1 atom stereocenters. The molecule has 0 amide bonds. The summed E-state index contributed by atoms with van der Waals surface area (Å²) in [5.41, 5.74) is 4.02. The first-order chi connectivity index (χ1) is 8.97. The molecule has 0 aliphatic heterocycles. The van der Waals surface area contributed by atoms with Crippen LogP contribution in [0.5, 0.6) is 0 Å². The molecule has 0 aliphatic carbocycles. The van der Waals surface area contributed by atoms with Crippen molar-refractivity contribution in [3.63, 3.8) is 0 Å². The van der Waals surface area contributed by atoms with Crippen molar-refractivity contribution in [1.82, 2.24) is 0 Å². The Morgan fingerprint density at radius 2 is 1.68 bits per heavy atom. The van der Waals surface area contributed by atoms with Crippen LogP contribution in [0.1, 0.15) is 29.7 Å². The van der Waals surface area contributed by atoms with E-state index in [0.29, 0.717) is 0 Å². The first kappa shape index (κ1) is 13.5. The van der Waals surface area contributed by atoms with Gasteiger partial charge < -0.3 is 5.32 Å². The Hall–Kier alpha value is -1.90. The number of aryl methyl sites for hydroxylation is 2. The van der Waals surface area contributed by atoms with E-state index in [0.717, 1.165) is 28.4 Å². The van der Waals surface area contributed by atoms with Gasteiger partial charge in [-0.3, -0.25) is 0 Å². The second kappa shape index (κ2) is 5.39. The molecule has 0 saturated heterocycles. The summed E-state index contributed by atoms with van der Waals surface area (Å²) in [6, 6.07) is 10.0. The zero-order valence-corrected chi connectivity index (χ0v) is 11.3. The van der Waals surface area contributed by atoms with E-state index in [2.05, 4.69) is 5.32 Å². The molecular weight excluding hydrogens is 244 g/mol. The highest BCUT2D eigenvalue weighted by atomic mass is 19.2. The highest BCUT2D eigenvalue weighted by molar-refractivity contribution is 5.53. The minimum absolute atomic E-state index is 0.0874. The van der Waals surface area contributed by atoms with Crippen LogP contribution in [-0.4, -0.2) is 0 Å². The first-order valence-electron chi connectivity index (χ1n) is 6.26.